The van der Waals surface area contributed by atoms with E-state index in [9.17, 15) is 4.79 Å². The highest BCUT2D eigenvalue weighted by molar-refractivity contribution is 6.30. The van der Waals surface area contributed by atoms with Crippen molar-refractivity contribution in [3.05, 3.63) is 88.9 Å². The fraction of sp³-hybridized carbons (Fsp3) is 0.250. The molecule has 5 rings (SSSR count). The van der Waals surface area contributed by atoms with Crippen LogP contribution in [0.15, 0.2) is 77.3 Å². The molecular formula is C28H27ClN4O3. The van der Waals surface area contributed by atoms with Crippen LogP contribution in [0.4, 0.5) is 0 Å². The van der Waals surface area contributed by atoms with Crippen molar-refractivity contribution in [2.75, 3.05) is 32.8 Å². The van der Waals surface area contributed by atoms with E-state index in [1.54, 1.807) is 12.1 Å². The Bertz CT molecular complexity index is 1330. The zero-order valence-electron chi connectivity index (χ0n) is 20.1. The van der Waals surface area contributed by atoms with Crippen molar-refractivity contribution in [3.63, 3.8) is 0 Å². The summed E-state index contributed by atoms with van der Waals surface area (Å²) in [6.07, 6.45) is 0. The second-order valence-corrected chi connectivity index (χ2v) is 9.33. The average molecular weight is 503 g/mol. The normalized spacial score (nSPS) is 14.1. The van der Waals surface area contributed by atoms with Crippen molar-refractivity contribution in [3.8, 4) is 28.6 Å². The van der Waals surface area contributed by atoms with Gasteiger partial charge in [-0.2, -0.15) is 4.98 Å². The van der Waals surface area contributed by atoms with Gasteiger partial charge < -0.3 is 14.2 Å². The summed E-state index contributed by atoms with van der Waals surface area (Å²) in [5, 5.41) is 4.77. The Balaban J connectivity index is 1.14. The highest BCUT2D eigenvalue weighted by Gasteiger charge is 2.22. The molecule has 1 aliphatic heterocycles. The van der Waals surface area contributed by atoms with Crippen LogP contribution in [-0.2, 0) is 11.3 Å². The zero-order valence-corrected chi connectivity index (χ0v) is 20.8. The SMILES string of the molecule is Cc1ccc(OCC(=O)N2CCN(Cc3cccc(-c4noc(-c5cccc(Cl)c5)n4)c3)CC2)cc1. The van der Waals surface area contributed by atoms with Crippen molar-refractivity contribution in [1.82, 2.24) is 19.9 Å². The van der Waals surface area contributed by atoms with Gasteiger partial charge in [0.1, 0.15) is 5.75 Å². The van der Waals surface area contributed by atoms with Gasteiger partial charge in [0.15, 0.2) is 6.61 Å². The predicted molar refractivity (Wildman–Crippen MR) is 139 cm³/mol. The van der Waals surface area contributed by atoms with E-state index < -0.39 is 0 Å². The molecule has 1 aromatic heterocycles. The number of nitrogens with zero attached hydrogens (tertiary/aromatic N) is 4. The third-order valence-electron chi connectivity index (χ3n) is 6.20. The maximum absolute atomic E-state index is 12.6. The number of halogens is 1. The summed E-state index contributed by atoms with van der Waals surface area (Å²) in [4.78, 5) is 21.3. The lowest BCUT2D eigenvalue weighted by atomic mass is 10.1. The molecule has 8 heteroatoms. The van der Waals surface area contributed by atoms with Crippen molar-refractivity contribution < 1.29 is 14.1 Å². The molecule has 3 aromatic carbocycles. The van der Waals surface area contributed by atoms with Gasteiger partial charge in [-0.1, -0.05) is 58.7 Å². The van der Waals surface area contributed by atoms with E-state index in [-0.39, 0.29) is 12.5 Å². The first-order chi connectivity index (χ1) is 17.5. The van der Waals surface area contributed by atoms with Crippen molar-refractivity contribution in [2.24, 2.45) is 0 Å². The fourth-order valence-electron chi connectivity index (χ4n) is 4.17. The number of aromatic nitrogens is 2. The molecule has 184 valence electrons. The Labute approximate surface area is 215 Å². The molecule has 2 heterocycles. The van der Waals surface area contributed by atoms with Gasteiger partial charge >= 0.3 is 0 Å². The van der Waals surface area contributed by atoms with Crippen LogP contribution in [0.1, 0.15) is 11.1 Å². The molecule has 0 atom stereocenters. The summed E-state index contributed by atoms with van der Waals surface area (Å²) in [6, 6.07) is 23.2. The maximum Gasteiger partial charge on any atom is 0.260 e. The number of hydrogen-bond acceptors (Lipinski definition) is 6. The first-order valence-corrected chi connectivity index (χ1v) is 12.3. The molecule has 0 radical (unpaired) electrons. The van der Waals surface area contributed by atoms with Gasteiger partial charge in [-0.15, -0.1) is 0 Å². The minimum atomic E-state index is 0.0184. The van der Waals surface area contributed by atoms with E-state index in [1.165, 1.54) is 0 Å². The van der Waals surface area contributed by atoms with Gasteiger partial charge in [0.2, 0.25) is 5.82 Å². The summed E-state index contributed by atoms with van der Waals surface area (Å²) in [6.45, 7) is 5.85. The highest BCUT2D eigenvalue weighted by atomic mass is 35.5. The second-order valence-electron chi connectivity index (χ2n) is 8.89. The summed E-state index contributed by atoms with van der Waals surface area (Å²) in [5.41, 5.74) is 4.00. The van der Waals surface area contributed by atoms with E-state index >= 15 is 0 Å². The van der Waals surface area contributed by atoms with Gasteiger partial charge in [0.25, 0.3) is 11.8 Å². The largest absolute Gasteiger partial charge is 0.484 e. The molecular weight excluding hydrogens is 476 g/mol. The van der Waals surface area contributed by atoms with Crippen molar-refractivity contribution in [1.29, 1.82) is 0 Å². The van der Waals surface area contributed by atoms with Crippen LogP contribution < -0.4 is 4.74 Å². The molecule has 0 N–H and O–H groups in total. The molecule has 0 unspecified atom stereocenters. The minimum Gasteiger partial charge on any atom is -0.484 e. The van der Waals surface area contributed by atoms with Crippen LogP contribution in [0.25, 0.3) is 22.8 Å². The predicted octanol–water partition coefficient (Wildman–Crippen LogP) is 5.09. The molecule has 0 saturated carbocycles. The summed E-state index contributed by atoms with van der Waals surface area (Å²) in [5.74, 6) is 1.71. The van der Waals surface area contributed by atoms with Crippen molar-refractivity contribution >= 4 is 17.5 Å². The molecule has 1 amide bonds. The Morgan fingerprint density at radius 2 is 1.72 bits per heavy atom. The first kappa shape index (κ1) is 24.0. The monoisotopic (exact) mass is 502 g/mol. The van der Waals surface area contributed by atoms with Crippen LogP contribution in [0.3, 0.4) is 0 Å². The van der Waals surface area contributed by atoms with E-state index in [0.717, 1.165) is 41.9 Å². The smallest absolute Gasteiger partial charge is 0.260 e. The number of carbonyl (C=O) groups excluding carboxylic acids is 1. The van der Waals surface area contributed by atoms with E-state index in [4.69, 9.17) is 20.9 Å². The van der Waals surface area contributed by atoms with Crippen LogP contribution in [0, 0.1) is 6.92 Å². The van der Waals surface area contributed by atoms with Gasteiger partial charge in [-0.25, -0.2) is 0 Å². The lowest BCUT2D eigenvalue weighted by molar-refractivity contribution is -0.135. The lowest BCUT2D eigenvalue weighted by Crippen LogP contribution is -2.49. The van der Waals surface area contributed by atoms with Crippen molar-refractivity contribution in [2.45, 2.75) is 13.5 Å². The highest BCUT2D eigenvalue weighted by Crippen LogP contribution is 2.25. The fourth-order valence-corrected chi connectivity index (χ4v) is 4.36. The van der Waals surface area contributed by atoms with E-state index in [1.807, 2.05) is 60.4 Å². The molecule has 1 fully saturated rings. The quantitative estimate of drug-likeness (QED) is 0.350. The van der Waals surface area contributed by atoms with E-state index in [2.05, 4.69) is 27.2 Å². The Kier molecular flexibility index (Phi) is 7.30. The number of aryl methyl sites for hydroxylation is 1. The number of carbonyl (C=O) groups is 1. The molecule has 1 saturated heterocycles. The third kappa shape index (κ3) is 5.93. The lowest BCUT2D eigenvalue weighted by Gasteiger charge is -2.34. The first-order valence-electron chi connectivity index (χ1n) is 11.9. The van der Waals surface area contributed by atoms with Crippen LogP contribution in [0.2, 0.25) is 5.02 Å². The number of rotatable bonds is 7. The molecule has 0 aliphatic carbocycles. The molecule has 7 nitrogen and oxygen atoms in total. The topological polar surface area (TPSA) is 71.7 Å². The Morgan fingerprint density at radius 3 is 2.50 bits per heavy atom. The number of amides is 1. The van der Waals surface area contributed by atoms with Crippen LogP contribution >= 0.6 is 11.6 Å². The number of benzene rings is 3. The maximum atomic E-state index is 12.6. The third-order valence-corrected chi connectivity index (χ3v) is 6.43. The molecule has 0 bridgehead atoms. The summed E-state index contributed by atoms with van der Waals surface area (Å²) in [7, 11) is 0. The van der Waals surface area contributed by atoms with E-state index in [0.29, 0.717) is 35.6 Å². The standard InChI is InChI=1S/C28H27ClN4O3/c1-20-8-10-25(11-9-20)35-19-26(34)33-14-12-32(13-15-33)18-21-4-2-5-22(16-21)27-30-28(36-31-27)23-6-3-7-24(29)17-23/h2-11,16-17H,12-15,18-19H2,1H3. The van der Waals surface area contributed by atoms with Crippen LogP contribution in [-0.4, -0.2) is 58.6 Å². The van der Waals surface area contributed by atoms with Crippen LogP contribution in [0.5, 0.6) is 5.75 Å². The second kappa shape index (κ2) is 10.9. The minimum absolute atomic E-state index is 0.0184. The zero-order chi connectivity index (χ0) is 24.9. The molecule has 4 aromatic rings. The van der Waals surface area contributed by atoms with Gasteiger partial charge in [-0.05, 0) is 48.9 Å². The Morgan fingerprint density at radius 1 is 0.972 bits per heavy atom. The number of piperazine rings is 1. The van der Waals surface area contributed by atoms with Gasteiger partial charge in [-0.3, -0.25) is 9.69 Å². The van der Waals surface area contributed by atoms with Gasteiger partial charge in [0.05, 0.1) is 0 Å². The molecule has 36 heavy (non-hydrogen) atoms. The number of ether oxygens (including phenoxy) is 1. The average Bonchev–Trinajstić information content (AvgIpc) is 3.40. The number of hydrogen-bond donors (Lipinski definition) is 0. The van der Waals surface area contributed by atoms with Gasteiger partial charge in [0, 0.05) is 48.9 Å². The summed E-state index contributed by atoms with van der Waals surface area (Å²) >= 11 is 6.08. The summed E-state index contributed by atoms with van der Waals surface area (Å²) < 4.78 is 11.1. The molecule has 0 spiro atoms. The Hall–Kier alpha value is -3.68. The molecule has 1 aliphatic rings.